The molecule has 1 amide bonds. The van der Waals surface area contributed by atoms with Gasteiger partial charge in [-0.1, -0.05) is 18.6 Å². The summed E-state index contributed by atoms with van der Waals surface area (Å²) in [7, 11) is 0. The van der Waals surface area contributed by atoms with Crippen LogP contribution in [0, 0.1) is 0 Å². The highest BCUT2D eigenvalue weighted by Gasteiger charge is 2.19. The summed E-state index contributed by atoms with van der Waals surface area (Å²) in [6.45, 7) is 1.24. The summed E-state index contributed by atoms with van der Waals surface area (Å²) in [5.74, 6) is -0.970. The van der Waals surface area contributed by atoms with E-state index in [0.717, 1.165) is 31.4 Å². The Balaban J connectivity index is 1.89. The summed E-state index contributed by atoms with van der Waals surface area (Å²) >= 11 is 0. The van der Waals surface area contributed by atoms with Crippen LogP contribution < -0.4 is 10.6 Å². The molecule has 3 N–H and O–H groups in total. The number of nitrogens with one attached hydrogen (secondary N) is 2. The molecule has 5 heteroatoms. The van der Waals surface area contributed by atoms with Crippen LogP contribution in [-0.4, -0.2) is 29.6 Å². The molecule has 0 bridgehead atoms. The van der Waals surface area contributed by atoms with E-state index in [1.54, 1.807) is 18.2 Å². The minimum Gasteiger partial charge on any atom is -0.478 e. The number of carbonyl (C=O) groups excluding carboxylic acids is 1. The fourth-order valence-electron chi connectivity index (χ4n) is 2.20. The summed E-state index contributed by atoms with van der Waals surface area (Å²) in [5, 5.41) is 14.9. The molecule has 1 unspecified atom stereocenters. The van der Waals surface area contributed by atoms with Gasteiger partial charge in [0, 0.05) is 6.54 Å². The minimum atomic E-state index is -0.956. The molecule has 0 aromatic heterocycles. The molecular formula is C14H18N2O3. The lowest BCUT2D eigenvalue weighted by Crippen LogP contribution is -2.46. The molecule has 0 spiro atoms. The first-order valence-electron chi connectivity index (χ1n) is 6.50. The Morgan fingerprint density at radius 2 is 2.21 bits per heavy atom. The second-order valence-corrected chi connectivity index (χ2v) is 4.73. The van der Waals surface area contributed by atoms with Crippen molar-refractivity contribution in [3.63, 3.8) is 0 Å². The van der Waals surface area contributed by atoms with Crippen molar-refractivity contribution < 1.29 is 14.7 Å². The number of aromatic carboxylic acids is 1. The van der Waals surface area contributed by atoms with E-state index < -0.39 is 5.97 Å². The summed E-state index contributed by atoms with van der Waals surface area (Å²) in [6.07, 6.45) is 3.05. The highest BCUT2D eigenvalue weighted by Crippen LogP contribution is 2.08. The van der Waals surface area contributed by atoms with E-state index in [1.165, 1.54) is 6.07 Å². The molecule has 102 valence electrons. The van der Waals surface area contributed by atoms with E-state index in [-0.39, 0.29) is 17.5 Å². The minimum absolute atomic E-state index is 0.0135. The Morgan fingerprint density at radius 3 is 2.89 bits per heavy atom. The van der Waals surface area contributed by atoms with Crippen LogP contribution in [-0.2, 0) is 11.3 Å². The Kier molecular flexibility index (Phi) is 4.52. The van der Waals surface area contributed by atoms with Gasteiger partial charge >= 0.3 is 5.97 Å². The number of carboxylic acid groups (broad SMARTS) is 1. The van der Waals surface area contributed by atoms with Gasteiger partial charge in [-0.2, -0.15) is 0 Å². The number of benzene rings is 1. The third-order valence-electron chi connectivity index (χ3n) is 3.27. The number of piperidine rings is 1. The summed E-state index contributed by atoms with van der Waals surface area (Å²) < 4.78 is 0. The smallest absolute Gasteiger partial charge is 0.335 e. The van der Waals surface area contributed by atoms with Gasteiger partial charge < -0.3 is 15.7 Å². The van der Waals surface area contributed by atoms with Crippen LogP contribution in [0.15, 0.2) is 24.3 Å². The fraction of sp³-hybridized carbons (Fsp3) is 0.429. The lowest BCUT2D eigenvalue weighted by atomic mass is 10.0. The Hall–Kier alpha value is -1.88. The number of rotatable bonds is 4. The molecule has 1 aliphatic heterocycles. The molecule has 2 rings (SSSR count). The summed E-state index contributed by atoms with van der Waals surface area (Å²) in [5.41, 5.74) is 1.03. The lowest BCUT2D eigenvalue weighted by molar-refractivity contribution is -0.123. The van der Waals surface area contributed by atoms with Gasteiger partial charge in [0.15, 0.2) is 0 Å². The van der Waals surface area contributed by atoms with Crippen LogP contribution in [0.5, 0.6) is 0 Å². The maximum Gasteiger partial charge on any atom is 0.335 e. The zero-order valence-electron chi connectivity index (χ0n) is 10.7. The normalized spacial score (nSPS) is 18.8. The Bertz CT molecular complexity index is 468. The molecule has 0 aliphatic carbocycles. The lowest BCUT2D eigenvalue weighted by Gasteiger charge is -2.22. The molecule has 5 nitrogen and oxygen atoms in total. The van der Waals surface area contributed by atoms with Crippen LogP contribution in [0.4, 0.5) is 0 Å². The number of amides is 1. The summed E-state index contributed by atoms with van der Waals surface area (Å²) in [6, 6.07) is 6.49. The number of carboxylic acids is 1. The van der Waals surface area contributed by atoms with E-state index in [4.69, 9.17) is 5.11 Å². The predicted octanol–water partition coefficient (Wildman–Crippen LogP) is 1.14. The van der Waals surface area contributed by atoms with Gasteiger partial charge in [0.25, 0.3) is 0 Å². The van der Waals surface area contributed by atoms with Gasteiger partial charge in [0.05, 0.1) is 11.6 Å². The van der Waals surface area contributed by atoms with Crippen molar-refractivity contribution in [1.82, 2.24) is 10.6 Å². The molecule has 1 aliphatic rings. The van der Waals surface area contributed by atoms with Crippen LogP contribution in [0.25, 0.3) is 0 Å². The fourth-order valence-corrected chi connectivity index (χ4v) is 2.20. The number of hydrogen-bond donors (Lipinski definition) is 3. The Labute approximate surface area is 112 Å². The second-order valence-electron chi connectivity index (χ2n) is 4.73. The van der Waals surface area contributed by atoms with Crippen molar-refractivity contribution in [1.29, 1.82) is 0 Å². The van der Waals surface area contributed by atoms with E-state index >= 15 is 0 Å². The molecule has 0 radical (unpaired) electrons. The van der Waals surface area contributed by atoms with Crippen LogP contribution >= 0.6 is 0 Å². The standard InChI is InChI=1S/C14H18N2O3/c17-13(12-6-1-2-7-15-12)16-9-10-4-3-5-11(8-10)14(18)19/h3-5,8,12,15H,1-2,6-7,9H2,(H,16,17)(H,18,19). The zero-order valence-corrected chi connectivity index (χ0v) is 10.7. The molecule has 1 aromatic carbocycles. The largest absolute Gasteiger partial charge is 0.478 e. The molecule has 1 heterocycles. The van der Waals surface area contributed by atoms with Gasteiger partial charge in [0.1, 0.15) is 0 Å². The third kappa shape index (κ3) is 3.79. The topological polar surface area (TPSA) is 78.4 Å². The Morgan fingerprint density at radius 1 is 1.37 bits per heavy atom. The maximum absolute atomic E-state index is 11.9. The van der Waals surface area contributed by atoms with E-state index in [2.05, 4.69) is 10.6 Å². The van der Waals surface area contributed by atoms with Crippen molar-refractivity contribution in [2.24, 2.45) is 0 Å². The third-order valence-corrected chi connectivity index (χ3v) is 3.27. The van der Waals surface area contributed by atoms with Crippen molar-refractivity contribution in [3.05, 3.63) is 35.4 Å². The average Bonchev–Trinajstić information content (AvgIpc) is 2.46. The van der Waals surface area contributed by atoms with Crippen molar-refractivity contribution in [2.45, 2.75) is 31.8 Å². The van der Waals surface area contributed by atoms with Gasteiger partial charge in [0.2, 0.25) is 5.91 Å². The van der Waals surface area contributed by atoms with Crippen molar-refractivity contribution >= 4 is 11.9 Å². The van der Waals surface area contributed by atoms with E-state index in [1.807, 2.05) is 0 Å². The highest BCUT2D eigenvalue weighted by molar-refractivity contribution is 5.87. The van der Waals surface area contributed by atoms with Crippen molar-refractivity contribution in [2.75, 3.05) is 6.54 Å². The summed E-state index contributed by atoms with van der Waals surface area (Å²) in [4.78, 5) is 22.7. The zero-order chi connectivity index (χ0) is 13.7. The molecule has 0 saturated carbocycles. The predicted molar refractivity (Wildman–Crippen MR) is 70.9 cm³/mol. The van der Waals surface area contributed by atoms with E-state index in [0.29, 0.717) is 6.54 Å². The van der Waals surface area contributed by atoms with Crippen LogP contribution in [0.2, 0.25) is 0 Å². The van der Waals surface area contributed by atoms with Crippen molar-refractivity contribution in [3.8, 4) is 0 Å². The molecular weight excluding hydrogens is 244 g/mol. The monoisotopic (exact) mass is 262 g/mol. The quantitative estimate of drug-likeness (QED) is 0.760. The second kappa shape index (κ2) is 6.33. The van der Waals surface area contributed by atoms with Gasteiger partial charge in [-0.15, -0.1) is 0 Å². The van der Waals surface area contributed by atoms with Gasteiger partial charge in [-0.25, -0.2) is 4.79 Å². The highest BCUT2D eigenvalue weighted by atomic mass is 16.4. The SMILES string of the molecule is O=C(O)c1cccc(CNC(=O)C2CCCCN2)c1. The molecule has 1 fully saturated rings. The number of carbonyl (C=O) groups is 2. The first kappa shape index (κ1) is 13.5. The van der Waals surface area contributed by atoms with Crippen LogP contribution in [0.3, 0.4) is 0 Å². The first-order valence-corrected chi connectivity index (χ1v) is 6.50. The van der Waals surface area contributed by atoms with Crippen LogP contribution in [0.1, 0.15) is 35.2 Å². The molecule has 1 atom stereocenters. The first-order chi connectivity index (χ1) is 9.16. The van der Waals surface area contributed by atoms with Gasteiger partial charge in [-0.3, -0.25) is 4.79 Å². The molecule has 1 saturated heterocycles. The molecule has 19 heavy (non-hydrogen) atoms. The van der Waals surface area contributed by atoms with E-state index in [9.17, 15) is 9.59 Å². The number of hydrogen-bond acceptors (Lipinski definition) is 3. The van der Waals surface area contributed by atoms with Gasteiger partial charge in [-0.05, 0) is 37.1 Å². The molecule has 1 aromatic rings. The maximum atomic E-state index is 11.9. The average molecular weight is 262 g/mol.